The number of carbonyl (C=O) groups excluding carboxylic acids is 1. The minimum atomic E-state index is -3.45. The number of halogens is 1. The highest BCUT2D eigenvalue weighted by Gasteiger charge is 2.27. The largest absolute Gasteiger partial charge is 0.495 e. The van der Waals surface area contributed by atoms with E-state index in [-0.39, 0.29) is 5.91 Å². The molecule has 6 nitrogen and oxygen atoms in total. The molecule has 1 N–H and O–H groups in total. The van der Waals surface area contributed by atoms with Crippen molar-refractivity contribution in [3.05, 3.63) is 65.2 Å². The normalized spacial score (nSPS) is 14.8. The number of ether oxygens (including phenoxy) is 1. The minimum absolute atomic E-state index is 0.295. The van der Waals surface area contributed by atoms with Gasteiger partial charge in [0.05, 0.1) is 12.8 Å². The summed E-state index contributed by atoms with van der Waals surface area (Å²) < 4.78 is 33.0. The number of hydrogen-bond acceptors (Lipinski definition) is 5. The molecule has 1 fully saturated rings. The number of methoxy groups -OCH3 is 1. The zero-order valence-corrected chi connectivity index (χ0v) is 19.9. The summed E-state index contributed by atoms with van der Waals surface area (Å²) in [6.45, 7) is 1.16. The molecule has 168 valence electrons. The number of carbonyl (C=O) groups is 1. The van der Waals surface area contributed by atoms with E-state index in [0.29, 0.717) is 39.3 Å². The average molecular weight is 491 g/mol. The van der Waals surface area contributed by atoms with Crippen LogP contribution in [0.3, 0.4) is 0 Å². The van der Waals surface area contributed by atoms with Crippen molar-refractivity contribution >= 4 is 44.6 Å². The molecule has 0 spiro atoms. The number of rotatable bonds is 6. The maximum atomic E-state index is 12.9. The molecular formula is C23H23ClN2O4S2. The third kappa shape index (κ3) is 4.83. The maximum absolute atomic E-state index is 12.9. The molecule has 32 heavy (non-hydrogen) atoms. The molecule has 0 unspecified atom stereocenters. The smallest absolute Gasteiger partial charge is 0.255 e. The Morgan fingerprint density at radius 2 is 1.75 bits per heavy atom. The quantitative estimate of drug-likeness (QED) is 0.494. The van der Waals surface area contributed by atoms with Crippen molar-refractivity contribution in [2.45, 2.75) is 23.5 Å². The molecule has 1 aliphatic heterocycles. The van der Waals surface area contributed by atoms with Crippen molar-refractivity contribution in [3.63, 3.8) is 0 Å². The number of hydrogen-bond donors (Lipinski definition) is 1. The van der Waals surface area contributed by atoms with E-state index in [9.17, 15) is 13.2 Å². The van der Waals surface area contributed by atoms with Crippen LogP contribution in [0.5, 0.6) is 5.75 Å². The van der Waals surface area contributed by atoms with Crippen LogP contribution in [0.1, 0.15) is 29.6 Å². The predicted molar refractivity (Wildman–Crippen MR) is 128 cm³/mol. The highest BCUT2D eigenvalue weighted by Crippen LogP contribution is 2.33. The summed E-state index contributed by atoms with van der Waals surface area (Å²) in [4.78, 5) is 13.5. The summed E-state index contributed by atoms with van der Waals surface area (Å²) in [7, 11) is -1.93. The minimum Gasteiger partial charge on any atom is -0.495 e. The first kappa shape index (κ1) is 22.8. The second kappa shape index (κ2) is 9.62. The first-order valence-electron chi connectivity index (χ1n) is 10.2. The van der Waals surface area contributed by atoms with Crippen LogP contribution in [0.25, 0.3) is 10.4 Å². The Balaban J connectivity index is 1.50. The Labute approximate surface area is 196 Å². The lowest BCUT2D eigenvalue weighted by Crippen LogP contribution is -2.35. The number of thiophene rings is 1. The van der Waals surface area contributed by atoms with Gasteiger partial charge in [0.2, 0.25) is 0 Å². The molecule has 0 atom stereocenters. The summed E-state index contributed by atoms with van der Waals surface area (Å²) >= 11 is 7.27. The van der Waals surface area contributed by atoms with Gasteiger partial charge in [0.1, 0.15) is 9.96 Å². The van der Waals surface area contributed by atoms with E-state index >= 15 is 0 Å². The zero-order valence-electron chi connectivity index (χ0n) is 17.5. The van der Waals surface area contributed by atoms with E-state index in [1.807, 2.05) is 18.2 Å². The molecule has 4 rings (SSSR count). The summed E-state index contributed by atoms with van der Waals surface area (Å²) in [5.41, 5.74) is 1.81. The van der Waals surface area contributed by atoms with Gasteiger partial charge in [-0.05, 0) is 60.9 Å². The van der Waals surface area contributed by atoms with Gasteiger partial charge in [-0.2, -0.15) is 4.31 Å². The third-order valence-electron chi connectivity index (χ3n) is 5.33. The molecule has 0 bridgehead atoms. The molecule has 2 heterocycles. The van der Waals surface area contributed by atoms with Crippen LogP contribution in [0.4, 0.5) is 5.69 Å². The van der Waals surface area contributed by atoms with Gasteiger partial charge in [0, 0.05) is 28.6 Å². The molecule has 9 heteroatoms. The molecule has 0 radical (unpaired) electrons. The lowest BCUT2D eigenvalue weighted by Gasteiger charge is -2.25. The lowest BCUT2D eigenvalue weighted by molar-refractivity contribution is 0.102. The van der Waals surface area contributed by atoms with Crippen LogP contribution in [0.2, 0.25) is 5.02 Å². The summed E-state index contributed by atoms with van der Waals surface area (Å²) in [5.74, 6) is 0.220. The topological polar surface area (TPSA) is 75.7 Å². The van der Waals surface area contributed by atoms with Gasteiger partial charge in [-0.3, -0.25) is 4.79 Å². The van der Waals surface area contributed by atoms with Gasteiger partial charge in [-0.15, -0.1) is 11.3 Å². The molecule has 0 aliphatic carbocycles. The highest BCUT2D eigenvalue weighted by atomic mass is 35.5. The SMILES string of the molecule is COc1ccc(Cl)cc1NC(=O)c1ccc(-c2ccc(S(=O)(=O)N3CCCCC3)s2)cc1. The second-order valence-electron chi connectivity index (χ2n) is 7.46. The first-order valence-corrected chi connectivity index (χ1v) is 12.9. The van der Waals surface area contributed by atoms with E-state index in [1.54, 1.807) is 40.7 Å². The zero-order chi connectivity index (χ0) is 22.7. The third-order valence-corrected chi connectivity index (χ3v) is 9.07. The molecule has 1 aromatic heterocycles. The summed E-state index contributed by atoms with van der Waals surface area (Å²) in [6, 6.07) is 15.5. The Bertz CT molecular complexity index is 1220. The van der Waals surface area contributed by atoms with E-state index in [1.165, 1.54) is 18.4 Å². The van der Waals surface area contributed by atoms with Crippen molar-refractivity contribution in [1.29, 1.82) is 0 Å². The Morgan fingerprint density at radius 3 is 2.44 bits per heavy atom. The van der Waals surface area contributed by atoms with Crippen molar-refractivity contribution in [2.75, 3.05) is 25.5 Å². The van der Waals surface area contributed by atoms with Crippen LogP contribution in [-0.2, 0) is 10.0 Å². The number of nitrogens with one attached hydrogen (secondary N) is 1. The highest BCUT2D eigenvalue weighted by molar-refractivity contribution is 7.91. The van der Waals surface area contributed by atoms with Gasteiger partial charge in [0.25, 0.3) is 15.9 Å². The van der Waals surface area contributed by atoms with Gasteiger partial charge in [0.15, 0.2) is 0 Å². The lowest BCUT2D eigenvalue weighted by atomic mass is 10.1. The van der Waals surface area contributed by atoms with E-state index in [2.05, 4.69) is 5.32 Å². The van der Waals surface area contributed by atoms with Gasteiger partial charge in [-0.1, -0.05) is 30.2 Å². The average Bonchev–Trinajstić information content (AvgIpc) is 3.31. The van der Waals surface area contributed by atoms with Gasteiger partial charge in [-0.25, -0.2) is 8.42 Å². The van der Waals surface area contributed by atoms with Crippen molar-refractivity contribution in [2.24, 2.45) is 0 Å². The summed E-state index contributed by atoms with van der Waals surface area (Å²) in [5, 5.41) is 3.30. The fourth-order valence-corrected chi connectivity index (χ4v) is 6.76. The molecule has 2 aromatic carbocycles. The van der Waals surface area contributed by atoms with Crippen LogP contribution in [0, 0.1) is 0 Å². The standard InChI is InChI=1S/C23H23ClN2O4S2/c1-30-20-10-9-18(24)15-19(20)25-23(27)17-7-5-16(6-8-17)21-11-12-22(31-21)32(28,29)26-13-3-2-4-14-26/h5-12,15H,2-4,13-14H2,1H3,(H,25,27). The van der Waals surface area contributed by atoms with Crippen LogP contribution in [-0.4, -0.2) is 38.8 Å². The van der Waals surface area contributed by atoms with Crippen molar-refractivity contribution in [3.8, 4) is 16.2 Å². The first-order chi connectivity index (χ1) is 15.4. The molecule has 1 saturated heterocycles. The fourth-order valence-electron chi connectivity index (χ4n) is 3.60. The molecule has 1 aliphatic rings. The molecule has 3 aromatic rings. The van der Waals surface area contributed by atoms with Crippen LogP contribution < -0.4 is 10.1 Å². The second-order valence-corrected chi connectivity index (χ2v) is 11.1. The molecular weight excluding hydrogens is 468 g/mol. The fraction of sp³-hybridized carbons (Fsp3) is 0.261. The van der Waals surface area contributed by atoms with Crippen molar-refractivity contribution in [1.82, 2.24) is 4.31 Å². The summed E-state index contributed by atoms with van der Waals surface area (Å²) in [6.07, 6.45) is 2.88. The van der Waals surface area contributed by atoms with E-state index in [0.717, 1.165) is 29.7 Å². The van der Waals surface area contributed by atoms with Crippen LogP contribution >= 0.6 is 22.9 Å². The number of sulfonamides is 1. The van der Waals surface area contributed by atoms with Gasteiger partial charge >= 0.3 is 0 Å². The van der Waals surface area contributed by atoms with E-state index in [4.69, 9.17) is 16.3 Å². The predicted octanol–water partition coefficient (Wildman–Crippen LogP) is 5.50. The number of amides is 1. The van der Waals surface area contributed by atoms with Gasteiger partial charge < -0.3 is 10.1 Å². The van der Waals surface area contributed by atoms with Crippen LogP contribution in [0.15, 0.2) is 58.8 Å². The number of piperidine rings is 1. The Hall–Kier alpha value is -2.39. The number of benzene rings is 2. The Morgan fingerprint density at radius 1 is 1.03 bits per heavy atom. The monoisotopic (exact) mass is 490 g/mol. The molecule has 0 saturated carbocycles. The Kier molecular flexibility index (Phi) is 6.85. The van der Waals surface area contributed by atoms with Crippen molar-refractivity contribution < 1.29 is 17.9 Å². The van der Waals surface area contributed by atoms with E-state index < -0.39 is 10.0 Å². The number of nitrogens with zero attached hydrogens (tertiary/aromatic N) is 1. The number of anilines is 1. The maximum Gasteiger partial charge on any atom is 0.255 e. The molecule has 1 amide bonds.